The van der Waals surface area contributed by atoms with Gasteiger partial charge in [-0.25, -0.2) is 9.97 Å². The van der Waals surface area contributed by atoms with E-state index >= 15 is 0 Å². The molecule has 0 saturated heterocycles. The molecule has 18 heavy (non-hydrogen) atoms. The number of pyridine rings is 1. The molecule has 0 amide bonds. The number of nitrogens with one attached hydrogen (secondary N) is 1. The molecule has 1 N–H and O–H groups in total. The van der Waals surface area contributed by atoms with Crippen LogP contribution in [0, 0.1) is 0 Å². The smallest absolute Gasteiger partial charge is 0.177 e. The van der Waals surface area contributed by atoms with E-state index in [9.17, 15) is 0 Å². The minimum Gasteiger partial charge on any atom is -0.340 e. The van der Waals surface area contributed by atoms with Gasteiger partial charge in [-0.1, -0.05) is 0 Å². The molecule has 88 valence electrons. The maximum absolute atomic E-state index is 4.59. The molecule has 1 saturated carbocycles. The number of aromatic amines is 1. The third kappa shape index (κ3) is 1.27. The Balaban J connectivity index is 1.87. The molecule has 3 aromatic heterocycles. The van der Waals surface area contributed by atoms with E-state index in [0.717, 1.165) is 35.5 Å². The summed E-state index contributed by atoms with van der Waals surface area (Å²) in [6, 6.07) is 3.90. The second-order valence-corrected chi connectivity index (χ2v) is 4.63. The van der Waals surface area contributed by atoms with Crippen LogP contribution in [0.15, 0.2) is 36.9 Å². The summed E-state index contributed by atoms with van der Waals surface area (Å²) in [4.78, 5) is 20.8. The van der Waals surface area contributed by atoms with Crippen molar-refractivity contribution >= 4 is 11.2 Å². The van der Waals surface area contributed by atoms with Crippen LogP contribution in [0.5, 0.6) is 0 Å². The van der Waals surface area contributed by atoms with Crippen molar-refractivity contribution in [3.8, 4) is 0 Å². The lowest BCUT2D eigenvalue weighted by molar-refractivity contribution is 0.739. The van der Waals surface area contributed by atoms with Crippen molar-refractivity contribution in [2.45, 2.75) is 18.3 Å². The molecule has 0 aliphatic heterocycles. The zero-order chi connectivity index (χ0) is 12.0. The highest BCUT2D eigenvalue weighted by Gasteiger charge is 2.50. The average Bonchev–Trinajstić information content (AvgIpc) is 3.13. The Kier molecular flexibility index (Phi) is 1.81. The first kappa shape index (κ1) is 9.70. The van der Waals surface area contributed by atoms with E-state index in [0.29, 0.717) is 0 Å². The van der Waals surface area contributed by atoms with Crippen molar-refractivity contribution in [2.75, 3.05) is 0 Å². The fourth-order valence-electron chi connectivity index (χ4n) is 2.36. The van der Waals surface area contributed by atoms with Gasteiger partial charge in [-0.05, 0) is 25.0 Å². The minimum atomic E-state index is -0.0744. The van der Waals surface area contributed by atoms with Crippen molar-refractivity contribution in [3.63, 3.8) is 0 Å². The normalized spacial score (nSPS) is 16.9. The van der Waals surface area contributed by atoms with Gasteiger partial charge in [0.15, 0.2) is 5.65 Å². The molecule has 1 aliphatic rings. The van der Waals surface area contributed by atoms with E-state index in [4.69, 9.17) is 0 Å². The monoisotopic (exact) mass is 237 g/mol. The van der Waals surface area contributed by atoms with Gasteiger partial charge in [-0.2, -0.15) is 0 Å². The van der Waals surface area contributed by atoms with Gasteiger partial charge in [0.25, 0.3) is 0 Å². The number of hydrogen-bond acceptors (Lipinski definition) is 4. The van der Waals surface area contributed by atoms with Gasteiger partial charge >= 0.3 is 0 Å². The van der Waals surface area contributed by atoms with Crippen LogP contribution in [0.2, 0.25) is 0 Å². The highest BCUT2D eigenvalue weighted by molar-refractivity contribution is 5.70. The SMILES string of the molecule is c1cnc2nc(C3(c4cnccn4)CC3)[nH]c2c1. The van der Waals surface area contributed by atoms with Gasteiger partial charge in [0.1, 0.15) is 5.82 Å². The molecule has 3 heterocycles. The van der Waals surface area contributed by atoms with E-state index in [-0.39, 0.29) is 5.41 Å². The van der Waals surface area contributed by atoms with Crippen LogP contribution in [0.1, 0.15) is 24.4 Å². The van der Waals surface area contributed by atoms with Crippen LogP contribution in [0.3, 0.4) is 0 Å². The van der Waals surface area contributed by atoms with Crippen molar-refractivity contribution in [1.82, 2.24) is 24.9 Å². The van der Waals surface area contributed by atoms with Crippen LogP contribution in [0.25, 0.3) is 11.2 Å². The zero-order valence-electron chi connectivity index (χ0n) is 9.67. The van der Waals surface area contributed by atoms with Crippen LogP contribution >= 0.6 is 0 Å². The van der Waals surface area contributed by atoms with Crippen molar-refractivity contribution in [2.24, 2.45) is 0 Å². The number of fused-ring (bicyclic) bond motifs is 1. The van der Waals surface area contributed by atoms with Gasteiger partial charge < -0.3 is 4.98 Å². The van der Waals surface area contributed by atoms with Gasteiger partial charge in [0, 0.05) is 24.8 Å². The predicted octanol–water partition coefficient (Wildman–Crippen LogP) is 1.83. The van der Waals surface area contributed by atoms with E-state index in [1.54, 1.807) is 18.6 Å². The highest BCUT2D eigenvalue weighted by Crippen LogP contribution is 2.51. The molecule has 1 aliphatic carbocycles. The Morgan fingerprint density at radius 1 is 1.11 bits per heavy atom. The standard InChI is InChI=1S/C13H11N5/c1-2-9-11(16-5-1)18-12(17-9)13(3-4-13)10-8-14-6-7-15-10/h1-2,5-8H,3-4H2,(H,16,17,18). The molecule has 3 aromatic rings. The third-order valence-electron chi connectivity index (χ3n) is 3.51. The lowest BCUT2D eigenvalue weighted by atomic mass is 10.0. The molecule has 0 aromatic carbocycles. The zero-order valence-corrected chi connectivity index (χ0v) is 9.67. The molecule has 5 heteroatoms. The summed E-state index contributed by atoms with van der Waals surface area (Å²) in [5.41, 5.74) is 2.66. The number of aromatic nitrogens is 5. The van der Waals surface area contributed by atoms with E-state index < -0.39 is 0 Å². The van der Waals surface area contributed by atoms with Gasteiger partial charge in [0.05, 0.1) is 16.6 Å². The van der Waals surface area contributed by atoms with Crippen LogP contribution in [0.4, 0.5) is 0 Å². The Morgan fingerprint density at radius 3 is 2.78 bits per heavy atom. The molecule has 4 rings (SSSR count). The van der Waals surface area contributed by atoms with Crippen LogP contribution in [-0.2, 0) is 5.41 Å². The highest BCUT2D eigenvalue weighted by atomic mass is 15.0. The lowest BCUT2D eigenvalue weighted by Crippen LogP contribution is -2.13. The first-order chi connectivity index (χ1) is 8.88. The quantitative estimate of drug-likeness (QED) is 0.738. The van der Waals surface area contributed by atoms with E-state index in [1.807, 2.05) is 18.3 Å². The molecule has 0 bridgehead atoms. The summed E-state index contributed by atoms with van der Waals surface area (Å²) < 4.78 is 0. The summed E-state index contributed by atoms with van der Waals surface area (Å²) in [5.74, 6) is 0.955. The van der Waals surface area contributed by atoms with Crippen molar-refractivity contribution in [1.29, 1.82) is 0 Å². The molecular weight excluding hydrogens is 226 g/mol. The maximum Gasteiger partial charge on any atom is 0.177 e. The van der Waals surface area contributed by atoms with Gasteiger partial charge in [-0.15, -0.1) is 0 Å². The topological polar surface area (TPSA) is 67.3 Å². The minimum absolute atomic E-state index is 0.0744. The summed E-state index contributed by atoms with van der Waals surface area (Å²) in [7, 11) is 0. The van der Waals surface area contributed by atoms with Gasteiger partial charge in [0.2, 0.25) is 0 Å². The molecule has 0 spiro atoms. The fourth-order valence-corrected chi connectivity index (χ4v) is 2.36. The van der Waals surface area contributed by atoms with E-state index in [2.05, 4.69) is 24.9 Å². The molecular formula is C13H11N5. The van der Waals surface area contributed by atoms with Crippen LogP contribution < -0.4 is 0 Å². The third-order valence-corrected chi connectivity index (χ3v) is 3.51. The summed E-state index contributed by atoms with van der Waals surface area (Å²) >= 11 is 0. The Morgan fingerprint density at radius 2 is 2.06 bits per heavy atom. The number of H-pyrrole nitrogens is 1. The number of rotatable bonds is 2. The second kappa shape index (κ2) is 3.35. The second-order valence-electron chi connectivity index (χ2n) is 4.63. The summed E-state index contributed by atoms with van der Waals surface area (Å²) in [5, 5.41) is 0. The molecule has 5 nitrogen and oxygen atoms in total. The summed E-state index contributed by atoms with van der Waals surface area (Å²) in [6.45, 7) is 0. The summed E-state index contributed by atoms with van der Waals surface area (Å²) in [6.07, 6.45) is 9.13. The number of hydrogen-bond donors (Lipinski definition) is 1. The van der Waals surface area contributed by atoms with Gasteiger partial charge in [-0.3, -0.25) is 9.97 Å². The molecule has 0 radical (unpaired) electrons. The number of imidazole rings is 1. The Labute approximate surface area is 103 Å². The predicted molar refractivity (Wildman–Crippen MR) is 65.9 cm³/mol. The molecule has 0 atom stereocenters. The first-order valence-electron chi connectivity index (χ1n) is 5.96. The Bertz CT molecular complexity index is 666. The van der Waals surface area contributed by atoms with Crippen LogP contribution in [-0.4, -0.2) is 24.9 Å². The van der Waals surface area contributed by atoms with Crippen molar-refractivity contribution in [3.05, 3.63) is 48.4 Å². The van der Waals surface area contributed by atoms with E-state index in [1.165, 1.54) is 0 Å². The molecule has 1 fully saturated rings. The average molecular weight is 237 g/mol. The fraction of sp³-hybridized carbons (Fsp3) is 0.231. The molecule has 0 unspecified atom stereocenters. The lowest BCUT2D eigenvalue weighted by Gasteiger charge is -2.10. The number of nitrogens with zero attached hydrogens (tertiary/aromatic N) is 4. The maximum atomic E-state index is 4.59. The first-order valence-corrected chi connectivity index (χ1v) is 5.96. The largest absolute Gasteiger partial charge is 0.340 e. The van der Waals surface area contributed by atoms with Crippen molar-refractivity contribution < 1.29 is 0 Å². The Hall–Kier alpha value is -2.30.